The van der Waals surface area contributed by atoms with E-state index in [1.807, 2.05) is 13.8 Å². The second-order valence-corrected chi connectivity index (χ2v) is 4.01. The summed E-state index contributed by atoms with van der Waals surface area (Å²) in [5.41, 5.74) is 8.48. The first-order chi connectivity index (χ1) is 7.50. The highest BCUT2D eigenvalue weighted by Gasteiger charge is 2.28. The van der Waals surface area contributed by atoms with Crippen LogP contribution in [-0.2, 0) is 4.79 Å². The molecule has 0 aromatic carbocycles. The third-order valence-corrected chi connectivity index (χ3v) is 2.89. The quantitative estimate of drug-likeness (QED) is 0.712. The number of aromatic amines is 1. The number of guanidine groups is 1. The smallest absolute Gasteiger partial charge is 0.231 e. The summed E-state index contributed by atoms with van der Waals surface area (Å²) >= 11 is 0. The predicted molar refractivity (Wildman–Crippen MR) is 59.8 cm³/mol. The van der Waals surface area contributed by atoms with Gasteiger partial charge in [-0.15, -0.1) is 0 Å². The zero-order valence-corrected chi connectivity index (χ0v) is 9.61. The molecule has 0 spiro atoms. The molecule has 1 unspecified atom stereocenters. The molecule has 2 heterocycles. The fourth-order valence-corrected chi connectivity index (χ4v) is 1.94. The summed E-state index contributed by atoms with van der Waals surface area (Å²) in [4.78, 5) is 17.4. The van der Waals surface area contributed by atoms with Crippen LogP contribution in [0.15, 0.2) is 4.99 Å². The minimum atomic E-state index is -0.206. The number of rotatable bonds is 1. The van der Waals surface area contributed by atoms with Crippen molar-refractivity contribution in [1.29, 1.82) is 0 Å². The molecule has 1 amide bonds. The molecular formula is C10H15N5O. The molecule has 0 saturated heterocycles. The Hall–Kier alpha value is -1.85. The number of aryl methyl sites for hydroxylation is 2. The van der Waals surface area contributed by atoms with Crippen LogP contribution in [0.5, 0.6) is 0 Å². The summed E-state index contributed by atoms with van der Waals surface area (Å²) in [5.74, 6) is 0.249. The van der Waals surface area contributed by atoms with Gasteiger partial charge in [-0.1, -0.05) is 0 Å². The van der Waals surface area contributed by atoms with Crippen LogP contribution in [0.4, 0.5) is 0 Å². The summed E-state index contributed by atoms with van der Waals surface area (Å²) in [6.07, 6.45) is 0.346. The van der Waals surface area contributed by atoms with Crippen LogP contribution in [0.2, 0.25) is 0 Å². The van der Waals surface area contributed by atoms with E-state index in [0.29, 0.717) is 6.42 Å². The normalized spacial score (nSPS) is 21.2. The lowest BCUT2D eigenvalue weighted by atomic mass is 10.0. The number of aromatic nitrogens is 2. The van der Waals surface area contributed by atoms with Crippen LogP contribution >= 0.6 is 0 Å². The van der Waals surface area contributed by atoms with E-state index < -0.39 is 0 Å². The number of aliphatic imine (C=N–C) groups is 1. The summed E-state index contributed by atoms with van der Waals surface area (Å²) in [7, 11) is 1.63. The molecule has 3 N–H and O–H groups in total. The van der Waals surface area contributed by atoms with Crippen molar-refractivity contribution in [3.8, 4) is 0 Å². The average molecular weight is 221 g/mol. The van der Waals surface area contributed by atoms with Gasteiger partial charge in [0, 0.05) is 18.3 Å². The number of hydrogen-bond acceptors (Lipinski definition) is 4. The van der Waals surface area contributed by atoms with E-state index in [2.05, 4.69) is 15.2 Å². The number of H-pyrrole nitrogens is 1. The van der Waals surface area contributed by atoms with Gasteiger partial charge in [0.2, 0.25) is 5.91 Å². The standard InChI is InChI=1S/C10H15N5O/c1-5-9(6(2)14-13-5)7-4-8(16)15(3)10(11)12-7/h7H,4H2,1-3H3,(H2,11,12)(H,13,14). The molecule has 0 radical (unpaired) electrons. The van der Waals surface area contributed by atoms with Crippen LogP contribution in [0, 0.1) is 13.8 Å². The molecule has 1 aromatic rings. The van der Waals surface area contributed by atoms with E-state index in [4.69, 9.17) is 5.73 Å². The fraction of sp³-hybridized carbons (Fsp3) is 0.500. The van der Waals surface area contributed by atoms with Crippen LogP contribution < -0.4 is 5.73 Å². The highest BCUT2D eigenvalue weighted by molar-refractivity contribution is 5.98. The number of nitrogens with zero attached hydrogens (tertiary/aromatic N) is 3. The summed E-state index contributed by atoms with van der Waals surface area (Å²) in [6, 6.07) is -0.206. The minimum Gasteiger partial charge on any atom is -0.369 e. The molecule has 1 atom stereocenters. The van der Waals surface area contributed by atoms with Crippen LogP contribution in [-0.4, -0.2) is 34.0 Å². The molecule has 2 rings (SSSR count). The number of nitrogens with one attached hydrogen (secondary N) is 1. The van der Waals surface area contributed by atoms with Gasteiger partial charge in [-0.3, -0.25) is 14.8 Å². The maximum absolute atomic E-state index is 11.7. The first-order valence-electron chi connectivity index (χ1n) is 5.12. The van der Waals surface area contributed by atoms with Crippen molar-refractivity contribution in [2.45, 2.75) is 26.3 Å². The highest BCUT2D eigenvalue weighted by atomic mass is 16.2. The lowest BCUT2D eigenvalue weighted by Gasteiger charge is -2.25. The van der Waals surface area contributed by atoms with Crippen LogP contribution in [0.1, 0.15) is 29.4 Å². The molecule has 0 saturated carbocycles. The Morgan fingerprint density at radius 2 is 2.19 bits per heavy atom. The van der Waals surface area contributed by atoms with Gasteiger partial charge in [-0.05, 0) is 13.8 Å². The summed E-state index contributed by atoms with van der Waals surface area (Å²) in [6.45, 7) is 3.82. The molecule has 1 aliphatic heterocycles. The van der Waals surface area contributed by atoms with Gasteiger partial charge in [0.05, 0.1) is 18.2 Å². The number of amides is 1. The first-order valence-corrected chi connectivity index (χ1v) is 5.12. The van der Waals surface area contributed by atoms with Gasteiger partial charge >= 0.3 is 0 Å². The molecule has 86 valence electrons. The van der Waals surface area contributed by atoms with Crippen molar-refractivity contribution < 1.29 is 4.79 Å². The lowest BCUT2D eigenvalue weighted by molar-refractivity contribution is -0.127. The molecule has 1 aliphatic rings. The Bertz CT molecular complexity index is 442. The average Bonchev–Trinajstić information content (AvgIpc) is 2.54. The van der Waals surface area contributed by atoms with Crippen molar-refractivity contribution in [2.75, 3.05) is 7.05 Å². The minimum absolute atomic E-state index is 0.0162. The van der Waals surface area contributed by atoms with E-state index >= 15 is 0 Å². The van der Waals surface area contributed by atoms with Gasteiger partial charge in [0.15, 0.2) is 5.96 Å². The summed E-state index contributed by atoms with van der Waals surface area (Å²) < 4.78 is 0. The Kier molecular flexibility index (Phi) is 2.41. The van der Waals surface area contributed by atoms with Crippen molar-refractivity contribution in [3.63, 3.8) is 0 Å². The van der Waals surface area contributed by atoms with Gasteiger partial charge < -0.3 is 5.73 Å². The molecule has 0 fully saturated rings. The highest BCUT2D eigenvalue weighted by Crippen LogP contribution is 2.29. The molecule has 0 aliphatic carbocycles. The molecule has 1 aromatic heterocycles. The van der Waals surface area contributed by atoms with Crippen molar-refractivity contribution in [1.82, 2.24) is 15.1 Å². The maximum Gasteiger partial charge on any atom is 0.231 e. The fourth-order valence-electron chi connectivity index (χ4n) is 1.94. The molecular weight excluding hydrogens is 206 g/mol. The Labute approximate surface area is 93.5 Å². The molecule has 6 nitrogen and oxygen atoms in total. The van der Waals surface area contributed by atoms with E-state index in [9.17, 15) is 4.79 Å². The van der Waals surface area contributed by atoms with E-state index in [1.54, 1.807) is 7.05 Å². The zero-order chi connectivity index (χ0) is 11.9. The predicted octanol–water partition coefficient (Wildman–Crippen LogP) is 0.244. The zero-order valence-electron chi connectivity index (χ0n) is 9.61. The number of carbonyl (C=O) groups excluding carboxylic acids is 1. The SMILES string of the molecule is Cc1n[nH]c(C)c1C1CC(=O)N(C)C(N)=N1. The van der Waals surface area contributed by atoms with Crippen molar-refractivity contribution >= 4 is 11.9 Å². The van der Waals surface area contributed by atoms with Gasteiger partial charge in [0.25, 0.3) is 0 Å². The topological polar surface area (TPSA) is 87.4 Å². The van der Waals surface area contributed by atoms with E-state index in [-0.39, 0.29) is 17.9 Å². The van der Waals surface area contributed by atoms with Gasteiger partial charge in [-0.25, -0.2) is 4.99 Å². The monoisotopic (exact) mass is 221 g/mol. The molecule has 6 heteroatoms. The van der Waals surface area contributed by atoms with Gasteiger partial charge in [-0.2, -0.15) is 5.10 Å². The van der Waals surface area contributed by atoms with E-state index in [1.165, 1.54) is 4.90 Å². The first kappa shape index (κ1) is 10.7. The summed E-state index contributed by atoms with van der Waals surface area (Å²) in [5, 5.41) is 6.99. The van der Waals surface area contributed by atoms with Crippen molar-refractivity contribution in [3.05, 3.63) is 17.0 Å². The van der Waals surface area contributed by atoms with E-state index in [0.717, 1.165) is 17.0 Å². The van der Waals surface area contributed by atoms with Crippen molar-refractivity contribution in [2.24, 2.45) is 10.7 Å². The lowest BCUT2D eigenvalue weighted by Crippen LogP contribution is -2.42. The third kappa shape index (κ3) is 1.56. The van der Waals surface area contributed by atoms with Crippen LogP contribution in [0.25, 0.3) is 0 Å². The second-order valence-electron chi connectivity index (χ2n) is 4.01. The maximum atomic E-state index is 11.7. The Balaban J connectivity index is 2.40. The molecule has 16 heavy (non-hydrogen) atoms. The Morgan fingerprint density at radius 1 is 1.50 bits per heavy atom. The second kappa shape index (κ2) is 3.62. The number of nitrogens with two attached hydrogens (primary N) is 1. The molecule has 0 bridgehead atoms. The largest absolute Gasteiger partial charge is 0.369 e. The number of carbonyl (C=O) groups is 1. The van der Waals surface area contributed by atoms with Gasteiger partial charge in [0.1, 0.15) is 0 Å². The number of hydrogen-bond donors (Lipinski definition) is 2. The third-order valence-electron chi connectivity index (χ3n) is 2.89. The van der Waals surface area contributed by atoms with Crippen LogP contribution in [0.3, 0.4) is 0 Å². The Morgan fingerprint density at radius 3 is 2.69 bits per heavy atom.